The Kier molecular flexibility index (Phi) is 4.96. The van der Waals surface area contributed by atoms with Crippen molar-refractivity contribution in [1.82, 2.24) is 19.9 Å². The Morgan fingerprint density at radius 3 is 2.87 bits per heavy atom. The van der Waals surface area contributed by atoms with E-state index in [-0.39, 0.29) is 18.4 Å². The van der Waals surface area contributed by atoms with E-state index in [4.69, 9.17) is 9.26 Å². The van der Waals surface area contributed by atoms with Crippen LogP contribution in [0.3, 0.4) is 0 Å². The highest BCUT2D eigenvalue weighted by atomic mass is 16.5. The fraction of sp³-hybridized carbons (Fsp3) is 0.812. The minimum absolute atomic E-state index is 0.0423. The highest BCUT2D eigenvalue weighted by Gasteiger charge is 2.38. The normalized spacial score (nSPS) is 25.7. The molecule has 1 amide bonds. The molecule has 0 N–H and O–H groups in total. The number of carbonyl (C=O) groups is 1. The summed E-state index contributed by atoms with van der Waals surface area (Å²) < 4.78 is 11.0. The van der Waals surface area contributed by atoms with Crippen molar-refractivity contribution in [2.45, 2.75) is 33.3 Å². The van der Waals surface area contributed by atoms with Crippen molar-refractivity contribution in [3.8, 4) is 0 Å². The second-order valence-corrected chi connectivity index (χ2v) is 7.03. The second-order valence-electron chi connectivity index (χ2n) is 7.03. The molecule has 0 saturated carbocycles. The van der Waals surface area contributed by atoms with Gasteiger partial charge in [0.2, 0.25) is 11.8 Å². The number of aryl methyl sites for hydroxylation is 1. The van der Waals surface area contributed by atoms with Crippen LogP contribution < -0.4 is 0 Å². The van der Waals surface area contributed by atoms with Crippen molar-refractivity contribution >= 4 is 5.91 Å². The molecule has 0 radical (unpaired) electrons. The monoisotopic (exact) mass is 322 g/mol. The van der Waals surface area contributed by atoms with Gasteiger partial charge in [0.25, 0.3) is 0 Å². The number of amides is 1. The van der Waals surface area contributed by atoms with Crippen molar-refractivity contribution in [2.75, 3.05) is 39.3 Å². The molecule has 7 heteroatoms. The van der Waals surface area contributed by atoms with E-state index in [0.29, 0.717) is 30.1 Å². The van der Waals surface area contributed by atoms with E-state index in [1.54, 1.807) is 6.92 Å². The van der Waals surface area contributed by atoms with E-state index in [0.717, 1.165) is 32.8 Å². The van der Waals surface area contributed by atoms with Gasteiger partial charge in [-0.15, -0.1) is 0 Å². The summed E-state index contributed by atoms with van der Waals surface area (Å²) in [5, 5.41) is 3.73. The molecule has 2 fully saturated rings. The van der Waals surface area contributed by atoms with E-state index in [9.17, 15) is 4.79 Å². The predicted octanol–water partition coefficient (Wildman–Crippen LogP) is 0.736. The van der Waals surface area contributed by atoms with E-state index >= 15 is 0 Å². The van der Waals surface area contributed by atoms with E-state index < -0.39 is 0 Å². The number of fused-ring (bicyclic) bond motifs is 1. The van der Waals surface area contributed by atoms with E-state index in [2.05, 4.69) is 28.9 Å². The standard InChI is InChI=1S/C16H26N4O3/c1-11(2)7-19-4-5-22-14-10-20(9-13(14)8-19)16(21)6-15-17-12(3)18-23-15/h11,13-14H,4-10H2,1-3H3/t13-,14+/m0/s1. The SMILES string of the molecule is Cc1noc(CC(=O)N2C[C@@H]3CN(CC(C)C)CCO[C@@H]3C2)n1. The zero-order valence-electron chi connectivity index (χ0n) is 14.2. The van der Waals surface area contributed by atoms with Crippen LogP contribution in [0.15, 0.2) is 4.52 Å². The molecule has 2 atom stereocenters. The van der Waals surface area contributed by atoms with Crippen molar-refractivity contribution < 1.29 is 14.1 Å². The summed E-state index contributed by atoms with van der Waals surface area (Å²) in [5.74, 6) is 2.03. The summed E-state index contributed by atoms with van der Waals surface area (Å²) in [6.07, 6.45) is 0.330. The largest absolute Gasteiger partial charge is 0.375 e. The molecule has 128 valence electrons. The van der Waals surface area contributed by atoms with Gasteiger partial charge in [0, 0.05) is 38.6 Å². The lowest BCUT2D eigenvalue weighted by molar-refractivity contribution is -0.130. The summed E-state index contributed by atoms with van der Waals surface area (Å²) in [4.78, 5) is 20.9. The molecule has 3 rings (SSSR count). The minimum Gasteiger partial charge on any atom is -0.375 e. The summed E-state index contributed by atoms with van der Waals surface area (Å²) in [7, 11) is 0. The van der Waals surface area contributed by atoms with Gasteiger partial charge < -0.3 is 19.1 Å². The number of rotatable bonds is 4. The summed E-state index contributed by atoms with van der Waals surface area (Å²) in [6.45, 7) is 11.5. The average Bonchev–Trinajstić information content (AvgIpc) is 3.01. The fourth-order valence-electron chi connectivity index (χ4n) is 3.50. The lowest BCUT2D eigenvalue weighted by Gasteiger charge is -2.24. The molecule has 0 aromatic carbocycles. The summed E-state index contributed by atoms with van der Waals surface area (Å²) in [5.41, 5.74) is 0. The Hall–Kier alpha value is -1.47. The first-order valence-corrected chi connectivity index (χ1v) is 8.42. The van der Waals surface area contributed by atoms with Crippen LogP contribution in [0.25, 0.3) is 0 Å². The molecule has 2 saturated heterocycles. The highest BCUT2D eigenvalue weighted by molar-refractivity contribution is 5.78. The van der Waals surface area contributed by atoms with E-state index in [1.807, 2.05) is 4.90 Å². The molecule has 7 nitrogen and oxygen atoms in total. The molecule has 1 aromatic heterocycles. The Morgan fingerprint density at radius 2 is 2.17 bits per heavy atom. The van der Waals surface area contributed by atoms with Crippen molar-refractivity contribution in [2.24, 2.45) is 11.8 Å². The summed E-state index contributed by atoms with van der Waals surface area (Å²) >= 11 is 0. The molecule has 2 aliphatic heterocycles. The Bertz CT molecular complexity index is 545. The molecule has 23 heavy (non-hydrogen) atoms. The number of aromatic nitrogens is 2. The van der Waals surface area contributed by atoms with Gasteiger partial charge >= 0.3 is 0 Å². The predicted molar refractivity (Wildman–Crippen MR) is 83.8 cm³/mol. The van der Waals surface area contributed by atoms with Gasteiger partial charge in [0.1, 0.15) is 6.42 Å². The molecule has 3 heterocycles. The van der Waals surface area contributed by atoms with Crippen LogP contribution in [0, 0.1) is 18.8 Å². The number of ether oxygens (including phenoxy) is 1. The lowest BCUT2D eigenvalue weighted by atomic mass is 10.1. The highest BCUT2D eigenvalue weighted by Crippen LogP contribution is 2.24. The van der Waals surface area contributed by atoms with Gasteiger partial charge in [-0.1, -0.05) is 19.0 Å². The van der Waals surface area contributed by atoms with Crippen LogP contribution in [0.1, 0.15) is 25.6 Å². The van der Waals surface area contributed by atoms with Crippen LogP contribution in [-0.4, -0.2) is 71.3 Å². The van der Waals surface area contributed by atoms with Crippen LogP contribution in [0.2, 0.25) is 0 Å². The van der Waals surface area contributed by atoms with Crippen molar-refractivity contribution in [3.63, 3.8) is 0 Å². The molecule has 0 spiro atoms. The molecule has 1 aromatic rings. The maximum atomic E-state index is 12.4. The fourth-order valence-corrected chi connectivity index (χ4v) is 3.50. The zero-order chi connectivity index (χ0) is 16.4. The van der Waals surface area contributed by atoms with Gasteiger partial charge in [-0.05, 0) is 12.8 Å². The van der Waals surface area contributed by atoms with E-state index in [1.165, 1.54) is 0 Å². The number of nitrogens with zero attached hydrogens (tertiary/aromatic N) is 4. The lowest BCUT2D eigenvalue weighted by Crippen LogP contribution is -2.36. The molecule has 0 aliphatic carbocycles. The molecule has 0 bridgehead atoms. The minimum atomic E-state index is 0.0423. The quantitative estimate of drug-likeness (QED) is 0.814. The molecule has 0 unspecified atom stereocenters. The summed E-state index contributed by atoms with van der Waals surface area (Å²) in [6, 6.07) is 0. The average molecular weight is 322 g/mol. The number of hydrogen-bond donors (Lipinski definition) is 0. The second kappa shape index (κ2) is 6.97. The third kappa shape index (κ3) is 4.09. The molecular formula is C16H26N4O3. The third-order valence-electron chi connectivity index (χ3n) is 4.46. The van der Waals surface area contributed by atoms with Gasteiger partial charge in [0.05, 0.1) is 12.7 Å². The third-order valence-corrected chi connectivity index (χ3v) is 4.46. The van der Waals surface area contributed by atoms with Crippen molar-refractivity contribution in [1.29, 1.82) is 0 Å². The number of carbonyl (C=O) groups excluding carboxylic acids is 1. The number of hydrogen-bond acceptors (Lipinski definition) is 6. The van der Waals surface area contributed by atoms with Gasteiger partial charge in [-0.2, -0.15) is 4.98 Å². The Morgan fingerprint density at radius 1 is 1.35 bits per heavy atom. The first kappa shape index (κ1) is 16.4. The number of likely N-dealkylation sites (tertiary alicyclic amines) is 1. The molecular weight excluding hydrogens is 296 g/mol. The van der Waals surface area contributed by atoms with Crippen LogP contribution in [0.5, 0.6) is 0 Å². The Balaban J connectivity index is 1.57. The first-order valence-electron chi connectivity index (χ1n) is 8.42. The van der Waals surface area contributed by atoms with Crippen LogP contribution >= 0.6 is 0 Å². The maximum absolute atomic E-state index is 12.4. The topological polar surface area (TPSA) is 71.7 Å². The van der Waals surface area contributed by atoms with Gasteiger partial charge in [-0.3, -0.25) is 4.79 Å². The molecule has 2 aliphatic rings. The first-order chi connectivity index (χ1) is 11.0. The smallest absolute Gasteiger partial charge is 0.236 e. The Labute approximate surface area is 137 Å². The van der Waals surface area contributed by atoms with Crippen LogP contribution in [0.4, 0.5) is 0 Å². The van der Waals surface area contributed by atoms with Gasteiger partial charge in [-0.25, -0.2) is 0 Å². The zero-order valence-corrected chi connectivity index (χ0v) is 14.2. The van der Waals surface area contributed by atoms with Crippen LogP contribution in [-0.2, 0) is 16.0 Å². The van der Waals surface area contributed by atoms with Gasteiger partial charge in [0.15, 0.2) is 5.82 Å². The maximum Gasteiger partial charge on any atom is 0.236 e. The van der Waals surface area contributed by atoms with Crippen molar-refractivity contribution in [3.05, 3.63) is 11.7 Å².